The molecular formula is C17H21NO4S. The summed E-state index contributed by atoms with van der Waals surface area (Å²) in [6.45, 7) is 5.29. The van der Waals surface area contributed by atoms with Crippen molar-refractivity contribution in [3.63, 3.8) is 0 Å². The number of hydrogen-bond donors (Lipinski definition) is 0. The Hall–Kier alpha value is -1.82. The van der Waals surface area contributed by atoms with E-state index in [0.717, 1.165) is 23.0 Å². The number of fused-ring (bicyclic) bond motifs is 1. The zero-order valence-electron chi connectivity index (χ0n) is 13.6. The van der Waals surface area contributed by atoms with Crippen molar-refractivity contribution >= 4 is 34.4 Å². The lowest BCUT2D eigenvalue weighted by molar-refractivity contribution is -0.145. The number of benzene rings is 1. The summed E-state index contributed by atoms with van der Waals surface area (Å²) in [6, 6.07) is 6.89. The highest BCUT2D eigenvalue weighted by molar-refractivity contribution is 8.13. The van der Waals surface area contributed by atoms with Gasteiger partial charge in [-0.05, 0) is 18.6 Å². The molecule has 1 amide bonds. The Bertz CT molecular complexity index is 616. The molecule has 0 spiro atoms. The highest BCUT2D eigenvalue weighted by Crippen LogP contribution is 2.34. The second-order valence-electron chi connectivity index (χ2n) is 5.51. The molecule has 2 atom stereocenters. The third kappa shape index (κ3) is 3.93. The zero-order chi connectivity index (χ0) is 17.0. The molecule has 1 aromatic carbocycles. The van der Waals surface area contributed by atoms with Crippen molar-refractivity contribution in [1.82, 2.24) is 0 Å². The fourth-order valence-electron chi connectivity index (χ4n) is 2.64. The summed E-state index contributed by atoms with van der Waals surface area (Å²) in [6.07, 6.45) is 0.466. The van der Waals surface area contributed by atoms with E-state index >= 15 is 0 Å². The largest absolute Gasteiger partial charge is 0.464 e. The molecule has 124 valence electrons. The molecule has 1 aliphatic rings. The normalized spacial score (nSPS) is 17.5. The van der Waals surface area contributed by atoms with Crippen LogP contribution in [0.2, 0.25) is 0 Å². The maximum Gasteiger partial charge on any atom is 0.329 e. The summed E-state index contributed by atoms with van der Waals surface area (Å²) in [5, 5.41) is -0.0200. The first-order chi connectivity index (χ1) is 11.0. The molecule has 1 aromatic rings. The van der Waals surface area contributed by atoms with Crippen molar-refractivity contribution in [3.05, 3.63) is 29.8 Å². The molecule has 0 aromatic heterocycles. The van der Waals surface area contributed by atoms with Crippen LogP contribution in [0.4, 0.5) is 5.69 Å². The van der Waals surface area contributed by atoms with Crippen LogP contribution in [0.3, 0.4) is 0 Å². The minimum absolute atomic E-state index is 0.0200. The fraction of sp³-hybridized carbons (Fsp3) is 0.471. The highest BCUT2D eigenvalue weighted by Gasteiger charge is 2.40. The Morgan fingerprint density at radius 2 is 2.04 bits per heavy atom. The minimum Gasteiger partial charge on any atom is -0.464 e. The van der Waals surface area contributed by atoms with E-state index in [1.807, 2.05) is 24.3 Å². The number of rotatable bonds is 5. The predicted octanol–water partition coefficient (Wildman–Crippen LogP) is 2.42. The molecule has 1 heterocycles. The van der Waals surface area contributed by atoms with E-state index in [2.05, 4.69) is 0 Å². The van der Waals surface area contributed by atoms with Gasteiger partial charge in [0, 0.05) is 30.7 Å². The summed E-state index contributed by atoms with van der Waals surface area (Å²) >= 11 is 1.13. The van der Waals surface area contributed by atoms with Crippen molar-refractivity contribution in [2.24, 2.45) is 5.92 Å². The predicted molar refractivity (Wildman–Crippen MR) is 90.4 cm³/mol. The van der Waals surface area contributed by atoms with Gasteiger partial charge < -0.3 is 4.74 Å². The topological polar surface area (TPSA) is 63.7 Å². The van der Waals surface area contributed by atoms with Gasteiger partial charge in [0.1, 0.15) is 6.04 Å². The first-order valence-corrected chi connectivity index (χ1v) is 8.65. The van der Waals surface area contributed by atoms with Gasteiger partial charge in [-0.15, -0.1) is 0 Å². The second-order valence-corrected chi connectivity index (χ2v) is 6.71. The maximum absolute atomic E-state index is 12.8. The van der Waals surface area contributed by atoms with E-state index in [1.54, 1.807) is 18.7 Å². The summed E-state index contributed by atoms with van der Waals surface area (Å²) < 4.78 is 5.12. The Morgan fingerprint density at radius 3 is 2.70 bits per heavy atom. The van der Waals surface area contributed by atoms with Crippen LogP contribution in [0.15, 0.2) is 24.3 Å². The van der Waals surface area contributed by atoms with Gasteiger partial charge in [0.25, 0.3) is 0 Å². The average molecular weight is 335 g/mol. The van der Waals surface area contributed by atoms with Gasteiger partial charge in [0.05, 0.1) is 6.61 Å². The Kier molecular flexibility index (Phi) is 5.82. The Morgan fingerprint density at radius 1 is 1.35 bits per heavy atom. The quantitative estimate of drug-likeness (QED) is 0.773. The number of carbonyl (C=O) groups excluding carboxylic acids is 3. The highest BCUT2D eigenvalue weighted by atomic mass is 32.2. The fourth-order valence-corrected chi connectivity index (χ4v) is 3.26. The zero-order valence-corrected chi connectivity index (χ0v) is 14.4. The van der Waals surface area contributed by atoms with E-state index in [-0.39, 0.29) is 29.5 Å². The standard InChI is InChI=1S/C17H21NO4S/c1-4-22-17(21)15-9-13-7-5-6-8-14(13)18(15)16(20)11(2)10-23-12(3)19/h5-8,11,15H,4,9-10H2,1-3H3/t11-,15+/m1/s1. The van der Waals surface area contributed by atoms with Gasteiger partial charge in [0.2, 0.25) is 5.91 Å². The Balaban J connectivity index is 2.24. The second kappa shape index (κ2) is 7.64. The third-order valence-electron chi connectivity index (χ3n) is 3.73. The van der Waals surface area contributed by atoms with Crippen LogP contribution >= 0.6 is 11.8 Å². The number of nitrogens with zero attached hydrogens (tertiary/aromatic N) is 1. The van der Waals surface area contributed by atoms with Crippen molar-refractivity contribution in [2.75, 3.05) is 17.3 Å². The molecule has 0 bridgehead atoms. The van der Waals surface area contributed by atoms with Crippen LogP contribution in [0.5, 0.6) is 0 Å². The van der Waals surface area contributed by atoms with Gasteiger partial charge in [-0.3, -0.25) is 14.5 Å². The molecule has 23 heavy (non-hydrogen) atoms. The summed E-state index contributed by atoms with van der Waals surface area (Å²) in [4.78, 5) is 37.7. The lowest BCUT2D eigenvalue weighted by atomic mass is 10.1. The van der Waals surface area contributed by atoms with E-state index in [9.17, 15) is 14.4 Å². The molecule has 0 aliphatic carbocycles. The molecule has 0 saturated heterocycles. The van der Waals surface area contributed by atoms with Crippen LogP contribution in [0.1, 0.15) is 26.3 Å². The monoisotopic (exact) mass is 335 g/mol. The van der Waals surface area contributed by atoms with Crippen LogP contribution in [-0.2, 0) is 25.5 Å². The molecule has 0 radical (unpaired) electrons. The third-order valence-corrected chi connectivity index (χ3v) is 4.80. The molecule has 5 nitrogen and oxygen atoms in total. The van der Waals surface area contributed by atoms with Gasteiger partial charge in [-0.2, -0.15) is 0 Å². The molecule has 0 N–H and O–H groups in total. The SMILES string of the molecule is CCOC(=O)[C@@H]1Cc2ccccc2N1C(=O)[C@H](C)CSC(C)=O. The number of ether oxygens (including phenoxy) is 1. The molecular weight excluding hydrogens is 314 g/mol. The van der Waals surface area contributed by atoms with Crippen LogP contribution < -0.4 is 4.90 Å². The van der Waals surface area contributed by atoms with Crippen LogP contribution in [-0.4, -0.2) is 35.4 Å². The lowest BCUT2D eigenvalue weighted by Gasteiger charge is -2.26. The average Bonchev–Trinajstić information content (AvgIpc) is 2.91. The molecule has 6 heteroatoms. The van der Waals surface area contributed by atoms with Gasteiger partial charge >= 0.3 is 5.97 Å². The lowest BCUT2D eigenvalue weighted by Crippen LogP contribution is -2.46. The van der Waals surface area contributed by atoms with Crippen molar-refractivity contribution in [1.29, 1.82) is 0 Å². The number of amides is 1. The number of carbonyl (C=O) groups is 3. The number of hydrogen-bond acceptors (Lipinski definition) is 5. The van der Waals surface area contributed by atoms with Gasteiger partial charge in [-0.1, -0.05) is 36.9 Å². The van der Waals surface area contributed by atoms with Crippen molar-refractivity contribution < 1.29 is 19.1 Å². The van der Waals surface area contributed by atoms with E-state index in [0.29, 0.717) is 12.2 Å². The van der Waals surface area contributed by atoms with E-state index in [4.69, 9.17) is 4.74 Å². The van der Waals surface area contributed by atoms with Crippen LogP contribution in [0.25, 0.3) is 0 Å². The molecule has 0 saturated carbocycles. The molecule has 0 fully saturated rings. The van der Waals surface area contributed by atoms with E-state index in [1.165, 1.54) is 6.92 Å². The Labute approximate surface area is 140 Å². The molecule has 1 aliphatic heterocycles. The van der Waals surface area contributed by atoms with Crippen molar-refractivity contribution in [2.45, 2.75) is 33.2 Å². The maximum atomic E-state index is 12.8. The number of thioether (sulfide) groups is 1. The summed E-state index contributed by atoms with van der Waals surface area (Å²) in [7, 11) is 0. The first kappa shape index (κ1) is 17.5. The minimum atomic E-state index is -0.621. The van der Waals surface area contributed by atoms with E-state index < -0.39 is 6.04 Å². The smallest absolute Gasteiger partial charge is 0.329 e. The number of para-hydroxylation sites is 1. The van der Waals surface area contributed by atoms with Gasteiger partial charge in [0.15, 0.2) is 5.12 Å². The van der Waals surface area contributed by atoms with Crippen molar-refractivity contribution in [3.8, 4) is 0 Å². The first-order valence-electron chi connectivity index (χ1n) is 7.66. The summed E-state index contributed by atoms with van der Waals surface area (Å²) in [5.41, 5.74) is 1.72. The summed E-state index contributed by atoms with van der Waals surface area (Å²) in [5.74, 6) is -0.486. The molecule has 0 unspecified atom stereocenters. The van der Waals surface area contributed by atoms with Crippen LogP contribution in [0, 0.1) is 5.92 Å². The molecule has 2 rings (SSSR count). The number of anilines is 1. The number of esters is 1. The van der Waals surface area contributed by atoms with Gasteiger partial charge in [-0.25, -0.2) is 4.79 Å².